The summed E-state index contributed by atoms with van der Waals surface area (Å²) >= 11 is 0. The molecule has 0 saturated heterocycles. The minimum atomic E-state index is -0.829. The van der Waals surface area contributed by atoms with Crippen molar-refractivity contribution in [2.24, 2.45) is 10.9 Å². The van der Waals surface area contributed by atoms with Crippen LogP contribution in [0.15, 0.2) is 5.10 Å². The number of hydrazone groups is 1. The van der Waals surface area contributed by atoms with Crippen LogP contribution in [0.4, 0.5) is 0 Å². The molecule has 0 spiro atoms. The van der Waals surface area contributed by atoms with E-state index in [1.54, 1.807) is 0 Å². The summed E-state index contributed by atoms with van der Waals surface area (Å²) in [7, 11) is 0. The third-order valence-electron chi connectivity index (χ3n) is 0.593. The van der Waals surface area contributed by atoms with E-state index in [0.717, 1.165) is 0 Å². The number of aliphatic carboxylic acids is 1. The Labute approximate surface area is 47.0 Å². The number of hydrogen-bond donors (Lipinski definition) is 2. The van der Waals surface area contributed by atoms with Gasteiger partial charge in [0.2, 0.25) is 0 Å². The first-order chi connectivity index (χ1) is 3.77. The Morgan fingerprint density at radius 2 is 2.50 bits per heavy atom. The Morgan fingerprint density at radius 1 is 1.88 bits per heavy atom. The molecular weight excluding hydrogens is 108 g/mol. The fraction of sp³-hybridized carbons (Fsp3) is 0.500. The second kappa shape index (κ2) is 4.11. The third-order valence-corrected chi connectivity index (χ3v) is 0.593. The van der Waals surface area contributed by atoms with Gasteiger partial charge in [-0.15, -0.1) is 0 Å². The van der Waals surface area contributed by atoms with Gasteiger partial charge in [-0.05, 0) is 6.42 Å². The monoisotopic (exact) mass is 116 g/mol. The first-order valence-electron chi connectivity index (χ1n) is 2.21. The molecule has 46 valence electrons. The minimum absolute atomic E-state index is 0.0979. The summed E-state index contributed by atoms with van der Waals surface area (Å²) in [6.45, 7) is 0. The molecule has 0 unspecified atom stereocenters. The van der Waals surface area contributed by atoms with Crippen molar-refractivity contribution in [3.8, 4) is 0 Å². The van der Waals surface area contributed by atoms with E-state index in [4.69, 9.17) is 10.9 Å². The fourth-order valence-corrected chi connectivity index (χ4v) is 0.263. The number of carbonyl (C=O) groups is 1. The summed E-state index contributed by atoms with van der Waals surface area (Å²) < 4.78 is 0. The van der Waals surface area contributed by atoms with Crippen LogP contribution in [0.25, 0.3) is 0 Å². The third kappa shape index (κ3) is 4.94. The molecule has 0 amide bonds. The van der Waals surface area contributed by atoms with Crippen LogP contribution < -0.4 is 5.84 Å². The maximum absolute atomic E-state index is 9.77. The summed E-state index contributed by atoms with van der Waals surface area (Å²) in [5.41, 5.74) is 0. The van der Waals surface area contributed by atoms with E-state index in [1.807, 2.05) is 0 Å². The Bertz CT molecular complexity index is 100. The highest BCUT2D eigenvalue weighted by molar-refractivity contribution is 5.71. The van der Waals surface area contributed by atoms with Crippen LogP contribution in [-0.2, 0) is 4.79 Å². The molecule has 0 rings (SSSR count). The van der Waals surface area contributed by atoms with Gasteiger partial charge in [0, 0.05) is 6.21 Å². The average Bonchev–Trinajstić information content (AvgIpc) is 1.66. The topological polar surface area (TPSA) is 75.7 Å². The molecule has 0 saturated carbocycles. The highest BCUT2D eigenvalue weighted by Crippen LogP contribution is 1.81. The Kier molecular flexibility index (Phi) is 3.56. The number of rotatable bonds is 3. The van der Waals surface area contributed by atoms with Crippen LogP contribution in [0.1, 0.15) is 12.8 Å². The number of carboxylic acids is 1. The quantitative estimate of drug-likeness (QED) is 0.304. The van der Waals surface area contributed by atoms with Crippen LogP contribution in [0.3, 0.4) is 0 Å². The average molecular weight is 116 g/mol. The molecule has 8 heavy (non-hydrogen) atoms. The van der Waals surface area contributed by atoms with Gasteiger partial charge in [0.1, 0.15) is 0 Å². The van der Waals surface area contributed by atoms with E-state index in [1.165, 1.54) is 6.21 Å². The van der Waals surface area contributed by atoms with Gasteiger partial charge in [-0.3, -0.25) is 4.79 Å². The second-order valence-corrected chi connectivity index (χ2v) is 1.26. The normalized spacial score (nSPS) is 10.0. The molecule has 0 bridgehead atoms. The highest BCUT2D eigenvalue weighted by atomic mass is 16.4. The van der Waals surface area contributed by atoms with Gasteiger partial charge >= 0.3 is 5.97 Å². The maximum atomic E-state index is 9.77. The molecule has 0 fully saturated rings. The van der Waals surface area contributed by atoms with Crippen molar-refractivity contribution in [1.29, 1.82) is 0 Å². The molecule has 4 nitrogen and oxygen atoms in total. The van der Waals surface area contributed by atoms with Crippen LogP contribution in [-0.4, -0.2) is 17.3 Å². The zero-order valence-electron chi connectivity index (χ0n) is 4.37. The van der Waals surface area contributed by atoms with Crippen LogP contribution in [0.2, 0.25) is 0 Å². The van der Waals surface area contributed by atoms with Gasteiger partial charge < -0.3 is 10.9 Å². The standard InChI is InChI=1S/C4H8N2O2/c5-6-3-1-2-4(7)8/h3H,1-2,5H2,(H,7,8). The lowest BCUT2D eigenvalue weighted by Crippen LogP contribution is -1.94. The van der Waals surface area contributed by atoms with Gasteiger partial charge in [-0.2, -0.15) is 5.10 Å². The summed E-state index contributed by atoms with van der Waals surface area (Å²) in [5, 5.41) is 11.2. The van der Waals surface area contributed by atoms with Crippen molar-refractivity contribution in [3.05, 3.63) is 0 Å². The van der Waals surface area contributed by atoms with E-state index in [9.17, 15) is 4.79 Å². The zero-order valence-corrected chi connectivity index (χ0v) is 4.37. The van der Waals surface area contributed by atoms with E-state index in [-0.39, 0.29) is 6.42 Å². The molecule has 0 aliphatic heterocycles. The molecule has 0 aromatic rings. The fourth-order valence-electron chi connectivity index (χ4n) is 0.263. The molecule has 0 radical (unpaired) electrons. The number of carboxylic acid groups (broad SMARTS) is 1. The lowest BCUT2D eigenvalue weighted by Gasteiger charge is -1.82. The zero-order chi connectivity index (χ0) is 6.41. The van der Waals surface area contributed by atoms with Crippen molar-refractivity contribution in [1.82, 2.24) is 0 Å². The van der Waals surface area contributed by atoms with Crippen LogP contribution >= 0.6 is 0 Å². The molecule has 0 aromatic carbocycles. The molecule has 0 atom stereocenters. The molecular formula is C4H8N2O2. The maximum Gasteiger partial charge on any atom is 0.303 e. The smallest absolute Gasteiger partial charge is 0.303 e. The van der Waals surface area contributed by atoms with Crippen LogP contribution in [0, 0.1) is 0 Å². The van der Waals surface area contributed by atoms with Gasteiger partial charge in [-0.1, -0.05) is 0 Å². The second-order valence-electron chi connectivity index (χ2n) is 1.26. The molecule has 0 heterocycles. The van der Waals surface area contributed by atoms with E-state index in [2.05, 4.69) is 5.10 Å². The summed E-state index contributed by atoms with van der Waals surface area (Å²) in [6, 6.07) is 0. The largest absolute Gasteiger partial charge is 0.481 e. The summed E-state index contributed by atoms with van der Waals surface area (Å²) in [6.07, 6.45) is 1.88. The number of nitrogens with two attached hydrogens (primary N) is 1. The molecule has 0 aromatic heterocycles. The summed E-state index contributed by atoms with van der Waals surface area (Å²) in [5.74, 6) is 3.86. The van der Waals surface area contributed by atoms with Crippen molar-refractivity contribution < 1.29 is 9.90 Å². The molecule has 0 aliphatic rings. The highest BCUT2D eigenvalue weighted by Gasteiger charge is 1.90. The van der Waals surface area contributed by atoms with Gasteiger partial charge in [0.25, 0.3) is 0 Å². The predicted octanol–water partition coefficient (Wildman–Crippen LogP) is -0.204. The molecule has 0 aliphatic carbocycles. The Morgan fingerprint density at radius 3 is 2.88 bits per heavy atom. The van der Waals surface area contributed by atoms with Crippen molar-refractivity contribution in [2.45, 2.75) is 12.8 Å². The summed E-state index contributed by atoms with van der Waals surface area (Å²) in [4.78, 5) is 9.77. The number of nitrogens with zero attached hydrogens (tertiary/aromatic N) is 1. The van der Waals surface area contributed by atoms with Gasteiger partial charge in [0.15, 0.2) is 0 Å². The Balaban J connectivity index is 3.05. The van der Waals surface area contributed by atoms with E-state index in [0.29, 0.717) is 6.42 Å². The van der Waals surface area contributed by atoms with Gasteiger partial charge in [-0.25, -0.2) is 0 Å². The first kappa shape index (κ1) is 6.94. The van der Waals surface area contributed by atoms with Crippen LogP contribution in [0.5, 0.6) is 0 Å². The van der Waals surface area contributed by atoms with Crippen molar-refractivity contribution >= 4 is 12.2 Å². The lowest BCUT2D eigenvalue weighted by atomic mass is 10.3. The van der Waals surface area contributed by atoms with Crippen molar-refractivity contribution in [3.63, 3.8) is 0 Å². The Hall–Kier alpha value is -1.06. The van der Waals surface area contributed by atoms with E-state index >= 15 is 0 Å². The SMILES string of the molecule is NN=CCCC(=O)O. The van der Waals surface area contributed by atoms with Crippen molar-refractivity contribution in [2.75, 3.05) is 0 Å². The van der Waals surface area contributed by atoms with E-state index < -0.39 is 5.97 Å². The van der Waals surface area contributed by atoms with Gasteiger partial charge in [0.05, 0.1) is 6.42 Å². The molecule has 4 heteroatoms. The number of hydrogen-bond acceptors (Lipinski definition) is 3. The first-order valence-corrected chi connectivity index (χ1v) is 2.21. The minimum Gasteiger partial charge on any atom is -0.481 e. The molecule has 3 N–H and O–H groups in total. The predicted molar refractivity (Wildman–Crippen MR) is 29.5 cm³/mol. The lowest BCUT2D eigenvalue weighted by molar-refractivity contribution is -0.136.